The topological polar surface area (TPSA) is 20.3 Å². The molecule has 0 radical (unpaired) electrons. The van der Waals surface area contributed by atoms with Crippen molar-refractivity contribution in [2.45, 2.75) is 24.9 Å². The second-order valence-corrected chi connectivity index (χ2v) is 6.25. The van der Waals surface area contributed by atoms with Crippen LogP contribution >= 0.6 is 11.6 Å². The van der Waals surface area contributed by atoms with Crippen LogP contribution in [0.15, 0.2) is 24.3 Å². The van der Waals surface area contributed by atoms with Crippen molar-refractivity contribution in [3.8, 4) is 0 Å². The molecule has 1 aromatic carbocycles. The van der Waals surface area contributed by atoms with E-state index in [1.165, 1.54) is 6.07 Å². The number of carbonyl (C=O) groups excluding carboxylic acids is 1. The highest BCUT2D eigenvalue weighted by atomic mass is 35.5. The summed E-state index contributed by atoms with van der Waals surface area (Å²) in [6.45, 7) is 1.13. The van der Waals surface area contributed by atoms with Crippen LogP contribution in [0.25, 0.3) is 0 Å². The molecule has 6 heteroatoms. The van der Waals surface area contributed by atoms with Crippen molar-refractivity contribution < 1.29 is 18.0 Å². The quantitative estimate of drug-likeness (QED) is 0.552. The second-order valence-electron chi connectivity index (χ2n) is 5.93. The minimum Gasteiger partial charge on any atom is -0.329 e. The predicted molar refractivity (Wildman–Crippen MR) is 73.2 cm³/mol. The van der Waals surface area contributed by atoms with E-state index in [4.69, 9.17) is 11.6 Å². The van der Waals surface area contributed by atoms with Crippen molar-refractivity contribution in [3.05, 3.63) is 35.4 Å². The van der Waals surface area contributed by atoms with Crippen molar-refractivity contribution in [1.82, 2.24) is 4.90 Å². The number of hydrogen-bond acceptors (Lipinski definition) is 1. The Morgan fingerprint density at radius 3 is 2.24 bits per heavy atom. The molecule has 0 N–H and O–H groups in total. The van der Waals surface area contributed by atoms with Gasteiger partial charge in [0.05, 0.1) is 5.56 Å². The maximum Gasteiger partial charge on any atom is 0.416 e. The molecule has 21 heavy (non-hydrogen) atoms. The molecule has 0 unspecified atom stereocenters. The smallest absolute Gasteiger partial charge is 0.329 e. The third-order valence-electron chi connectivity index (χ3n) is 4.71. The fraction of sp³-hybridized carbons (Fsp3) is 0.533. The van der Waals surface area contributed by atoms with E-state index in [1.54, 1.807) is 17.0 Å². The largest absolute Gasteiger partial charge is 0.416 e. The number of rotatable bonds is 1. The van der Waals surface area contributed by atoms with Gasteiger partial charge in [0.15, 0.2) is 0 Å². The molecule has 3 atom stereocenters. The molecule has 1 aliphatic carbocycles. The first-order valence-electron chi connectivity index (χ1n) is 6.96. The van der Waals surface area contributed by atoms with Crippen molar-refractivity contribution in [2.24, 2.45) is 11.8 Å². The third-order valence-corrected chi connectivity index (χ3v) is 4.94. The summed E-state index contributed by atoms with van der Waals surface area (Å²) in [6.07, 6.45) is -2.93. The zero-order valence-electron chi connectivity index (χ0n) is 11.2. The van der Waals surface area contributed by atoms with Crippen LogP contribution in [-0.4, -0.2) is 23.4 Å². The first-order valence-corrected chi connectivity index (χ1v) is 7.34. The number of amides is 1. The molecule has 1 aliphatic heterocycles. The lowest BCUT2D eigenvalue weighted by Gasteiger charge is -2.20. The standard InChI is InChI=1S/C15H15ClF3NO/c16-14(21)20-7-10-5-9(6-11(10)8-20)12-3-1-2-4-13(12)15(17,18)19/h1-4,9-11H,5-8H2/t9-,10+,11-. The van der Waals surface area contributed by atoms with E-state index >= 15 is 0 Å². The van der Waals surface area contributed by atoms with E-state index < -0.39 is 17.1 Å². The molecule has 1 saturated carbocycles. The molecule has 1 saturated heterocycles. The molecule has 0 aromatic heterocycles. The summed E-state index contributed by atoms with van der Waals surface area (Å²) in [7, 11) is 0. The number of halogens is 4. The normalized spacial score (nSPS) is 28.8. The maximum atomic E-state index is 13.1. The Bertz CT molecular complexity index is 546. The molecule has 1 aromatic rings. The highest BCUT2D eigenvalue weighted by molar-refractivity contribution is 6.62. The summed E-state index contributed by atoms with van der Waals surface area (Å²) in [4.78, 5) is 12.7. The Hall–Kier alpha value is -1.23. The fourth-order valence-corrected chi connectivity index (χ4v) is 3.95. The summed E-state index contributed by atoms with van der Waals surface area (Å²) in [5, 5.41) is -0.461. The first-order chi connectivity index (χ1) is 9.86. The summed E-state index contributed by atoms with van der Waals surface area (Å²) < 4.78 is 39.3. The van der Waals surface area contributed by atoms with Gasteiger partial charge in [0, 0.05) is 13.1 Å². The van der Waals surface area contributed by atoms with Crippen LogP contribution in [-0.2, 0) is 6.18 Å². The summed E-state index contributed by atoms with van der Waals surface area (Å²) in [5.74, 6) is 0.448. The van der Waals surface area contributed by atoms with Crippen molar-refractivity contribution in [2.75, 3.05) is 13.1 Å². The summed E-state index contributed by atoms with van der Waals surface area (Å²) >= 11 is 5.47. The van der Waals surface area contributed by atoms with Crippen LogP contribution in [0.2, 0.25) is 0 Å². The highest BCUT2D eigenvalue weighted by Gasteiger charge is 2.44. The lowest BCUT2D eigenvalue weighted by Crippen LogP contribution is -2.24. The van der Waals surface area contributed by atoms with Gasteiger partial charge >= 0.3 is 11.5 Å². The average molecular weight is 318 g/mol. The summed E-state index contributed by atoms with van der Waals surface area (Å²) in [6, 6.07) is 5.82. The lowest BCUT2D eigenvalue weighted by atomic mass is 9.91. The molecule has 2 fully saturated rings. The Morgan fingerprint density at radius 1 is 1.14 bits per heavy atom. The monoisotopic (exact) mass is 317 g/mol. The minimum atomic E-state index is -4.31. The van der Waals surface area contributed by atoms with Gasteiger partial charge in [-0.1, -0.05) is 18.2 Å². The van der Waals surface area contributed by atoms with E-state index in [0.717, 1.165) is 6.07 Å². The molecule has 1 amide bonds. The van der Waals surface area contributed by atoms with Gasteiger partial charge in [-0.05, 0) is 53.8 Å². The zero-order valence-corrected chi connectivity index (χ0v) is 12.0. The fourth-order valence-electron chi connectivity index (χ4n) is 3.81. The summed E-state index contributed by atoms with van der Waals surface area (Å²) in [5.41, 5.74) is -0.136. The Labute approximate surface area is 125 Å². The van der Waals surface area contributed by atoms with Gasteiger partial charge in [-0.15, -0.1) is 0 Å². The average Bonchev–Trinajstić information content (AvgIpc) is 2.95. The van der Waals surface area contributed by atoms with Crippen LogP contribution in [0.5, 0.6) is 0 Å². The van der Waals surface area contributed by atoms with E-state index in [9.17, 15) is 18.0 Å². The molecular formula is C15H15ClF3NO. The van der Waals surface area contributed by atoms with Crippen LogP contribution in [0.3, 0.4) is 0 Å². The lowest BCUT2D eigenvalue weighted by molar-refractivity contribution is -0.138. The molecule has 2 nitrogen and oxygen atoms in total. The Balaban J connectivity index is 1.79. The van der Waals surface area contributed by atoms with Gasteiger partial charge in [0.1, 0.15) is 0 Å². The number of hydrogen-bond donors (Lipinski definition) is 0. The molecule has 3 rings (SSSR count). The zero-order chi connectivity index (χ0) is 15.2. The van der Waals surface area contributed by atoms with Gasteiger partial charge in [-0.3, -0.25) is 4.79 Å². The first kappa shape index (κ1) is 14.7. The van der Waals surface area contributed by atoms with Crippen molar-refractivity contribution >= 4 is 17.0 Å². The number of nitrogens with zero attached hydrogens (tertiary/aromatic N) is 1. The number of benzene rings is 1. The van der Waals surface area contributed by atoms with Crippen LogP contribution in [0, 0.1) is 11.8 Å². The molecule has 0 spiro atoms. The maximum absolute atomic E-state index is 13.1. The van der Waals surface area contributed by atoms with Crippen molar-refractivity contribution in [1.29, 1.82) is 0 Å². The predicted octanol–water partition coefficient (Wildman–Crippen LogP) is 4.49. The SMILES string of the molecule is O=C(Cl)N1C[C@H]2C[C@H](c3ccccc3C(F)(F)F)C[C@H]2C1. The van der Waals surface area contributed by atoms with Gasteiger partial charge in [0.2, 0.25) is 0 Å². The molecule has 0 bridgehead atoms. The van der Waals surface area contributed by atoms with E-state index in [1.807, 2.05) is 0 Å². The Morgan fingerprint density at radius 2 is 1.71 bits per heavy atom. The number of carbonyl (C=O) groups is 1. The number of alkyl halides is 3. The van der Waals surface area contributed by atoms with Crippen LogP contribution < -0.4 is 0 Å². The third kappa shape index (κ3) is 2.76. The van der Waals surface area contributed by atoms with E-state index in [2.05, 4.69) is 0 Å². The van der Waals surface area contributed by atoms with Crippen LogP contribution in [0.4, 0.5) is 18.0 Å². The van der Waals surface area contributed by atoms with Gasteiger partial charge in [0.25, 0.3) is 0 Å². The second kappa shape index (κ2) is 5.20. The van der Waals surface area contributed by atoms with E-state index in [-0.39, 0.29) is 17.8 Å². The number of likely N-dealkylation sites (tertiary alicyclic amines) is 1. The van der Waals surface area contributed by atoms with Gasteiger partial charge in [-0.2, -0.15) is 13.2 Å². The number of fused-ring (bicyclic) bond motifs is 1. The highest BCUT2D eigenvalue weighted by Crippen LogP contribution is 2.48. The molecule has 114 valence electrons. The van der Waals surface area contributed by atoms with Gasteiger partial charge in [-0.25, -0.2) is 0 Å². The van der Waals surface area contributed by atoms with Crippen LogP contribution in [0.1, 0.15) is 29.9 Å². The Kier molecular flexibility index (Phi) is 3.64. The minimum absolute atomic E-state index is 0.0783. The molecule has 1 heterocycles. The van der Waals surface area contributed by atoms with Crippen molar-refractivity contribution in [3.63, 3.8) is 0 Å². The molecule has 2 aliphatic rings. The molecular weight excluding hydrogens is 303 g/mol. The van der Waals surface area contributed by atoms with E-state index in [0.29, 0.717) is 31.5 Å². The van der Waals surface area contributed by atoms with Gasteiger partial charge < -0.3 is 4.90 Å².